The first-order valence-electron chi connectivity index (χ1n) is 5.62. The predicted molar refractivity (Wildman–Crippen MR) is 68.2 cm³/mol. The number of carbonyl (C=O) groups is 2. The van der Waals surface area contributed by atoms with Gasteiger partial charge in [0.2, 0.25) is 5.91 Å². The van der Waals surface area contributed by atoms with Gasteiger partial charge in [-0.05, 0) is 38.5 Å². The minimum Gasteiger partial charge on any atom is -0.508 e. The summed E-state index contributed by atoms with van der Waals surface area (Å²) in [6.45, 7) is 5.17. The third-order valence-corrected chi connectivity index (χ3v) is 2.54. The number of carbonyl (C=O) groups excluding carboxylic acids is 2. The Bertz CT molecular complexity index is 481. The second-order valence-electron chi connectivity index (χ2n) is 4.98. The molecule has 0 heterocycles. The summed E-state index contributed by atoms with van der Waals surface area (Å²) < 4.78 is 0. The highest BCUT2D eigenvalue weighted by atomic mass is 16.3. The molecule has 0 unspecified atom stereocenters. The minimum absolute atomic E-state index is 0.0522. The molecule has 0 fully saturated rings. The Hall–Kier alpha value is -2.04. The number of primary amides is 1. The predicted octanol–water partition coefficient (Wildman–Crippen LogP) is 1.08. The molecule has 5 heteroatoms. The van der Waals surface area contributed by atoms with Crippen LogP contribution in [-0.2, 0) is 4.79 Å². The van der Waals surface area contributed by atoms with Crippen molar-refractivity contribution < 1.29 is 14.7 Å². The Morgan fingerprint density at radius 1 is 1.39 bits per heavy atom. The molecule has 0 aromatic heterocycles. The fourth-order valence-corrected chi connectivity index (χ4v) is 1.61. The highest BCUT2D eigenvalue weighted by molar-refractivity contribution is 5.95. The zero-order chi connectivity index (χ0) is 13.9. The molecule has 0 saturated carbocycles. The first-order valence-corrected chi connectivity index (χ1v) is 5.62. The average molecular weight is 250 g/mol. The third-order valence-electron chi connectivity index (χ3n) is 2.54. The molecule has 98 valence electrons. The summed E-state index contributed by atoms with van der Waals surface area (Å²) in [5.41, 5.74) is 5.43. The number of phenolic OH excluding ortho intramolecular Hbond substituents is 1. The van der Waals surface area contributed by atoms with Crippen LogP contribution in [0.1, 0.15) is 36.2 Å². The molecule has 5 nitrogen and oxygen atoms in total. The van der Waals surface area contributed by atoms with Crippen molar-refractivity contribution in [2.75, 3.05) is 0 Å². The molecular weight excluding hydrogens is 232 g/mol. The Balaban J connectivity index is 2.82. The van der Waals surface area contributed by atoms with Gasteiger partial charge in [-0.15, -0.1) is 0 Å². The van der Waals surface area contributed by atoms with Crippen molar-refractivity contribution >= 4 is 11.8 Å². The molecule has 0 bridgehead atoms. The zero-order valence-electron chi connectivity index (χ0n) is 10.8. The molecule has 0 saturated heterocycles. The van der Waals surface area contributed by atoms with Gasteiger partial charge in [-0.3, -0.25) is 9.59 Å². The lowest BCUT2D eigenvalue weighted by Gasteiger charge is -2.24. The summed E-state index contributed by atoms with van der Waals surface area (Å²) in [5, 5.41) is 12.2. The van der Waals surface area contributed by atoms with Crippen molar-refractivity contribution in [1.29, 1.82) is 0 Å². The summed E-state index contributed by atoms with van der Waals surface area (Å²) in [4.78, 5) is 22.8. The van der Waals surface area contributed by atoms with Crippen molar-refractivity contribution in [2.45, 2.75) is 32.7 Å². The summed E-state index contributed by atoms with van der Waals surface area (Å²) in [6.07, 6.45) is 0.0522. The third kappa shape index (κ3) is 3.76. The van der Waals surface area contributed by atoms with Crippen LogP contribution in [0, 0.1) is 6.92 Å². The van der Waals surface area contributed by atoms with E-state index < -0.39 is 11.4 Å². The van der Waals surface area contributed by atoms with Gasteiger partial charge in [-0.25, -0.2) is 0 Å². The molecule has 0 atom stereocenters. The normalized spacial score (nSPS) is 11.1. The lowest BCUT2D eigenvalue weighted by molar-refractivity contribution is -0.119. The van der Waals surface area contributed by atoms with E-state index in [1.165, 1.54) is 6.07 Å². The molecular formula is C13H18N2O3. The van der Waals surface area contributed by atoms with Gasteiger partial charge in [0.05, 0.1) is 0 Å². The molecule has 0 aliphatic heterocycles. The second-order valence-corrected chi connectivity index (χ2v) is 4.98. The van der Waals surface area contributed by atoms with E-state index in [1.54, 1.807) is 32.9 Å². The number of aromatic hydroxyl groups is 1. The van der Waals surface area contributed by atoms with Crippen LogP contribution in [0.15, 0.2) is 18.2 Å². The van der Waals surface area contributed by atoms with E-state index in [9.17, 15) is 14.7 Å². The summed E-state index contributed by atoms with van der Waals surface area (Å²) in [6, 6.07) is 4.67. The molecule has 0 radical (unpaired) electrons. The van der Waals surface area contributed by atoms with Crippen LogP contribution in [-0.4, -0.2) is 22.5 Å². The van der Waals surface area contributed by atoms with Gasteiger partial charge in [0.15, 0.2) is 0 Å². The maximum Gasteiger partial charge on any atom is 0.251 e. The lowest BCUT2D eigenvalue weighted by Crippen LogP contribution is -2.46. The van der Waals surface area contributed by atoms with Crippen LogP contribution in [0.3, 0.4) is 0 Å². The SMILES string of the molecule is Cc1ccc(C(=O)NC(C)(C)CC(N)=O)cc1O. The van der Waals surface area contributed by atoms with Gasteiger partial charge >= 0.3 is 0 Å². The molecule has 1 aromatic carbocycles. The standard InChI is InChI=1S/C13H18N2O3/c1-8-4-5-9(6-10(8)16)12(18)15-13(2,3)7-11(14)17/h4-6,16H,7H2,1-3H3,(H2,14,17)(H,15,18). The lowest BCUT2D eigenvalue weighted by atomic mass is 9.99. The molecule has 0 aliphatic rings. The first-order chi connectivity index (χ1) is 8.21. The summed E-state index contributed by atoms with van der Waals surface area (Å²) in [7, 11) is 0. The van der Waals surface area contributed by atoms with Crippen molar-refractivity contribution in [1.82, 2.24) is 5.32 Å². The molecule has 4 N–H and O–H groups in total. The van der Waals surface area contributed by atoms with Gasteiger partial charge < -0.3 is 16.2 Å². The van der Waals surface area contributed by atoms with Gasteiger partial charge in [0, 0.05) is 17.5 Å². The second kappa shape index (κ2) is 5.08. The van der Waals surface area contributed by atoms with Crippen LogP contribution < -0.4 is 11.1 Å². The first kappa shape index (κ1) is 14.0. The van der Waals surface area contributed by atoms with E-state index in [0.717, 1.165) is 0 Å². The molecule has 2 amide bonds. The molecule has 1 rings (SSSR count). The van der Waals surface area contributed by atoms with E-state index in [-0.39, 0.29) is 18.1 Å². The molecule has 0 spiro atoms. The maximum atomic E-state index is 11.9. The van der Waals surface area contributed by atoms with Crippen molar-refractivity contribution in [2.24, 2.45) is 5.73 Å². The summed E-state index contributed by atoms with van der Waals surface area (Å²) in [5.74, 6) is -0.765. The van der Waals surface area contributed by atoms with Crippen LogP contribution >= 0.6 is 0 Å². The van der Waals surface area contributed by atoms with E-state index in [0.29, 0.717) is 11.1 Å². The molecule has 1 aromatic rings. The van der Waals surface area contributed by atoms with Gasteiger partial charge in [-0.1, -0.05) is 6.07 Å². The molecule has 0 aliphatic carbocycles. The Morgan fingerprint density at radius 2 is 2.00 bits per heavy atom. The number of hydrogen-bond acceptors (Lipinski definition) is 3. The number of rotatable bonds is 4. The van der Waals surface area contributed by atoms with Crippen LogP contribution in [0.25, 0.3) is 0 Å². The fourth-order valence-electron chi connectivity index (χ4n) is 1.61. The van der Waals surface area contributed by atoms with Crippen LogP contribution in [0.5, 0.6) is 5.75 Å². The van der Waals surface area contributed by atoms with E-state index in [2.05, 4.69) is 5.32 Å². The number of amides is 2. The quantitative estimate of drug-likeness (QED) is 0.746. The smallest absolute Gasteiger partial charge is 0.251 e. The largest absolute Gasteiger partial charge is 0.508 e. The van der Waals surface area contributed by atoms with Crippen LogP contribution in [0.2, 0.25) is 0 Å². The fraction of sp³-hybridized carbons (Fsp3) is 0.385. The zero-order valence-corrected chi connectivity index (χ0v) is 10.8. The monoisotopic (exact) mass is 250 g/mol. The average Bonchev–Trinajstić information content (AvgIpc) is 2.19. The van der Waals surface area contributed by atoms with Gasteiger partial charge in [-0.2, -0.15) is 0 Å². The maximum absolute atomic E-state index is 11.9. The van der Waals surface area contributed by atoms with E-state index >= 15 is 0 Å². The summed E-state index contributed by atoms with van der Waals surface area (Å²) >= 11 is 0. The van der Waals surface area contributed by atoms with Crippen molar-refractivity contribution in [3.05, 3.63) is 29.3 Å². The Kier molecular flexibility index (Phi) is 3.96. The Morgan fingerprint density at radius 3 is 2.50 bits per heavy atom. The number of aryl methyl sites for hydroxylation is 1. The van der Waals surface area contributed by atoms with Crippen LogP contribution in [0.4, 0.5) is 0 Å². The highest BCUT2D eigenvalue weighted by Gasteiger charge is 2.23. The van der Waals surface area contributed by atoms with E-state index in [4.69, 9.17) is 5.73 Å². The highest BCUT2D eigenvalue weighted by Crippen LogP contribution is 2.18. The van der Waals surface area contributed by atoms with Crippen molar-refractivity contribution in [3.8, 4) is 5.75 Å². The minimum atomic E-state index is -0.719. The molecule has 18 heavy (non-hydrogen) atoms. The number of benzene rings is 1. The number of phenols is 1. The van der Waals surface area contributed by atoms with E-state index in [1.807, 2.05) is 0 Å². The van der Waals surface area contributed by atoms with Crippen molar-refractivity contribution in [3.63, 3.8) is 0 Å². The Labute approximate surface area is 106 Å². The number of hydrogen-bond donors (Lipinski definition) is 3. The topological polar surface area (TPSA) is 92.4 Å². The number of nitrogens with one attached hydrogen (secondary N) is 1. The van der Waals surface area contributed by atoms with Gasteiger partial charge in [0.25, 0.3) is 5.91 Å². The number of nitrogens with two attached hydrogens (primary N) is 1. The van der Waals surface area contributed by atoms with Gasteiger partial charge in [0.1, 0.15) is 5.75 Å².